The van der Waals surface area contributed by atoms with Crippen LogP contribution in [-0.2, 0) is 9.53 Å². The van der Waals surface area contributed by atoms with Crippen molar-refractivity contribution in [2.45, 2.75) is 26.3 Å². The van der Waals surface area contributed by atoms with Crippen LogP contribution < -0.4 is 5.32 Å². The lowest BCUT2D eigenvalue weighted by Gasteiger charge is -2.18. The van der Waals surface area contributed by atoms with E-state index in [2.05, 4.69) is 37.2 Å². The summed E-state index contributed by atoms with van der Waals surface area (Å²) >= 11 is 6.96. The number of anilines is 1. The van der Waals surface area contributed by atoms with Crippen LogP contribution in [0, 0.1) is 6.92 Å². The SMILES string of the molecule is CCC(Nc1c(Br)cc(C)cc1Br)C(=O)OC. The van der Waals surface area contributed by atoms with Crippen molar-refractivity contribution < 1.29 is 9.53 Å². The highest BCUT2D eigenvalue weighted by atomic mass is 79.9. The van der Waals surface area contributed by atoms with Gasteiger partial charge in [0.2, 0.25) is 0 Å². The summed E-state index contributed by atoms with van der Waals surface area (Å²) in [6, 6.07) is 3.66. The van der Waals surface area contributed by atoms with Crippen molar-refractivity contribution >= 4 is 43.5 Å². The Morgan fingerprint density at radius 3 is 2.35 bits per heavy atom. The smallest absolute Gasteiger partial charge is 0.328 e. The van der Waals surface area contributed by atoms with Crippen LogP contribution in [0.3, 0.4) is 0 Å². The summed E-state index contributed by atoms with van der Waals surface area (Å²) < 4.78 is 6.59. The fourth-order valence-corrected chi connectivity index (χ4v) is 3.13. The van der Waals surface area contributed by atoms with E-state index >= 15 is 0 Å². The molecule has 0 aliphatic heterocycles. The first-order valence-electron chi connectivity index (χ1n) is 5.29. The zero-order valence-corrected chi connectivity index (χ0v) is 13.2. The number of rotatable bonds is 4. The summed E-state index contributed by atoms with van der Waals surface area (Å²) in [6.07, 6.45) is 0.666. The van der Waals surface area contributed by atoms with Crippen molar-refractivity contribution in [3.63, 3.8) is 0 Å². The van der Waals surface area contributed by atoms with Gasteiger partial charge in [-0.05, 0) is 62.9 Å². The third kappa shape index (κ3) is 3.71. The van der Waals surface area contributed by atoms with Crippen molar-refractivity contribution in [1.29, 1.82) is 0 Å². The minimum Gasteiger partial charge on any atom is -0.467 e. The van der Waals surface area contributed by atoms with E-state index in [4.69, 9.17) is 4.74 Å². The van der Waals surface area contributed by atoms with Gasteiger partial charge in [0.1, 0.15) is 6.04 Å². The molecule has 1 aromatic carbocycles. The summed E-state index contributed by atoms with van der Waals surface area (Å²) in [4.78, 5) is 11.5. The van der Waals surface area contributed by atoms with Crippen LogP contribution in [0.5, 0.6) is 0 Å². The number of methoxy groups -OCH3 is 1. The molecule has 94 valence electrons. The largest absolute Gasteiger partial charge is 0.467 e. The van der Waals surface area contributed by atoms with Gasteiger partial charge in [0.05, 0.1) is 12.8 Å². The molecule has 0 bridgehead atoms. The summed E-state index contributed by atoms with van der Waals surface area (Å²) in [5.74, 6) is -0.258. The van der Waals surface area contributed by atoms with Gasteiger partial charge in [0.25, 0.3) is 0 Å². The van der Waals surface area contributed by atoms with E-state index in [0.717, 1.165) is 20.2 Å². The lowest BCUT2D eigenvalue weighted by Crippen LogP contribution is -2.30. The average molecular weight is 365 g/mol. The Morgan fingerprint density at radius 1 is 1.41 bits per heavy atom. The zero-order valence-electron chi connectivity index (χ0n) is 10.0. The van der Waals surface area contributed by atoms with Gasteiger partial charge >= 0.3 is 5.97 Å². The third-order valence-corrected chi connectivity index (χ3v) is 3.65. The number of hydrogen-bond acceptors (Lipinski definition) is 3. The normalized spacial score (nSPS) is 12.1. The molecule has 5 heteroatoms. The molecule has 0 heterocycles. The Labute approximate surface area is 118 Å². The molecule has 1 N–H and O–H groups in total. The fourth-order valence-electron chi connectivity index (χ4n) is 1.48. The van der Waals surface area contributed by atoms with Gasteiger partial charge in [-0.3, -0.25) is 0 Å². The summed E-state index contributed by atoms with van der Waals surface area (Å²) in [5.41, 5.74) is 2.01. The van der Waals surface area contributed by atoms with Gasteiger partial charge in [-0.25, -0.2) is 4.79 Å². The second kappa shape index (κ2) is 6.40. The van der Waals surface area contributed by atoms with Gasteiger partial charge in [-0.2, -0.15) is 0 Å². The molecule has 1 atom stereocenters. The van der Waals surface area contributed by atoms with Crippen LogP contribution in [-0.4, -0.2) is 19.1 Å². The van der Waals surface area contributed by atoms with Gasteiger partial charge in [0, 0.05) is 8.95 Å². The maximum atomic E-state index is 11.5. The Kier molecular flexibility index (Phi) is 5.46. The highest BCUT2D eigenvalue weighted by Crippen LogP contribution is 2.33. The molecule has 0 amide bonds. The number of carbonyl (C=O) groups excluding carboxylic acids is 1. The fraction of sp³-hybridized carbons (Fsp3) is 0.417. The van der Waals surface area contributed by atoms with E-state index in [1.165, 1.54) is 7.11 Å². The molecule has 0 fully saturated rings. The average Bonchev–Trinajstić information content (AvgIpc) is 2.27. The monoisotopic (exact) mass is 363 g/mol. The molecule has 3 nitrogen and oxygen atoms in total. The number of nitrogens with one attached hydrogen (secondary N) is 1. The molecule has 0 aliphatic rings. The van der Waals surface area contributed by atoms with E-state index in [1.54, 1.807) is 0 Å². The Bertz CT molecular complexity index is 398. The molecule has 0 aromatic heterocycles. The minimum absolute atomic E-state index is 0.258. The highest BCUT2D eigenvalue weighted by Gasteiger charge is 2.19. The summed E-state index contributed by atoms with van der Waals surface area (Å²) in [6.45, 7) is 3.95. The number of aryl methyl sites for hydroxylation is 1. The van der Waals surface area contributed by atoms with Crippen molar-refractivity contribution in [2.75, 3.05) is 12.4 Å². The van der Waals surface area contributed by atoms with Gasteiger partial charge in [-0.15, -0.1) is 0 Å². The van der Waals surface area contributed by atoms with E-state index in [0.29, 0.717) is 6.42 Å². The minimum atomic E-state index is -0.338. The predicted octanol–water partition coefficient (Wildman–Crippen LogP) is 3.88. The number of carbonyl (C=O) groups is 1. The molecular formula is C12H15Br2NO2. The third-order valence-electron chi connectivity index (χ3n) is 2.40. The van der Waals surface area contributed by atoms with Gasteiger partial charge < -0.3 is 10.1 Å². The first-order chi connectivity index (χ1) is 7.99. The topological polar surface area (TPSA) is 38.3 Å². The standard InChI is InChI=1S/C12H15Br2NO2/c1-4-10(12(16)17-3)15-11-8(13)5-7(2)6-9(11)14/h5-6,10,15H,4H2,1-3H3. The zero-order chi connectivity index (χ0) is 13.0. The molecule has 0 saturated heterocycles. The molecule has 0 saturated carbocycles. The van der Waals surface area contributed by atoms with Crippen molar-refractivity contribution in [1.82, 2.24) is 0 Å². The van der Waals surface area contributed by atoms with E-state index in [1.807, 2.05) is 26.0 Å². The predicted molar refractivity (Wildman–Crippen MR) is 76.3 cm³/mol. The van der Waals surface area contributed by atoms with Crippen LogP contribution in [0.4, 0.5) is 5.69 Å². The van der Waals surface area contributed by atoms with Crippen LogP contribution >= 0.6 is 31.9 Å². The van der Waals surface area contributed by atoms with Crippen molar-refractivity contribution in [3.05, 3.63) is 26.6 Å². The molecule has 0 aliphatic carbocycles. The number of ether oxygens (including phenoxy) is 1. The lowest BCUT2D eigenvalue weighted by atomic mass is 10.2. The van der Waals surface area contributed by atoms with Crippen LogP contribution in [0.25, 0.3) is 0 Å². The molecular weight excluding hydrogens is 350 g/mol. The Morgan fingerprint density at radius 2 is 1.94 bits per heavy atom. The first kappa shape index (κ1) is 14.5. The molecule has 0 spiro atoms. The Hall–Kier alpha value is -0.550. The van der Waals surface area contributed by atoms with Crippen LogP contribution in [0.15, 0.2) is 21.1 Å². The molecule has 17 heavy (non-hydrogen) atoms. The first-order valence-corrected chi connectivity index (χ1v) is 6.88. The number of halogens is 2. The van der Waals surface area contributed by atoms with Gasteiger partial charge in [0.15, 0.2) is 0 Å². The second-order valence-corrected chi connectivity index (χ2v) is 5.44. The molecule has 1 unspecified atom stereocenters. The van der Waals surface area contributed by atoms with E-state index in [-0.39, 0.29) is 12.0 Å². The molecule has 0 radical (unpaired) electrons. The van der Waals surface area contributed by atoms with Crippen molar-refractivity contribution in [3.8, 4) is 0 Å². The number of hydrogen-bond donors (Lipinski definition) is 1. The summed E-state index contributed by atoms with van der Waals surface area (Å²) in [7, 11) is 1.39. The maximum Gasteiger partial charge on any atom is 0.328 e. The van der Waals surface area contributed by atoms with Gasteiger partial charge in [-0.1, -0.05) is 6.92 Å². The quantitative estimate of drug-likeness (QED) is 0.824. The van der Waals surface area contributed by atoms with Crippen molar-refractivity contribution in [2.24, 2.45) is 0 Å². The molecule has 1 rings (SSSR count). The molecule has 1 aromatic rings. The summed E-state index contributed by atoms with van der Waals surface area (Å²) in [5, 5.41) is 3.17. The van der Waals surface area contributed by atoms with Crippen LogP contribution in [0.1, 0.15) is 18.9 Å². The van der Waals surface area contributed by atoms with Crippen LogP contribution in [0.2, 0.25) is 0 Å². The number of benzene rings is 1. The highest BCUT2D eigenvalue weighted by molar-refractivity contribution is 9.11. The maximum absolute atomic E-state index is 11.5. The van der Waals surface area contributed by atoms with E-state index < -0.39 is 0 Å². The number of esters is 1. The van der Waals surface area contributed by atoms with E-state index in [9.17, 15) is 4.79 Å². The Balaban J connectivity index is 2.98. The second-order valence-electron chi connectivity index (χ2n) is 3.73. The lowest BCUT2D eigenvalue weighted by molar-refractivity contribution is -0.141.